The minimum atomic E-state index is -0.934. The molecule has 7 heteroatoms. The Bertz CT molecular complexity index is 1030. The molecule has 0 atom stereocenters. The van der Waals surface area contributed by atoms with E-state index in [0.717, 1.165) is 17.7 Å². The van der Waals surface area contributed by atoms with E-state index in [0.29, 0.717) is 29.0 Å². The van der Waals surface area contributed by atoms with Crippen LogP contribution in [0, 0.1) is 11.6 Å². The summed E-state index contributed by atoms with van der Waals surface area (Å²) in [5.41, 5.74) is 1.04. The number of hydrogen-bond acceptors (Lipinski definition) is 3. The Morgan fingerprint density at radius 3 is 2.48 bits per heavy atom. The summed E-state index contributed by atoms with van der Waals surface area (Å²) in [7, 11) is 0. The average Bonchev–Trinajstić information content (AvgIpc) is 3.17. The lowest BCUT2D eigenvalue weighted by Gasteiger charge is -2.09. The molecule has 0 bridgehead atoms. The molecule has 0 unspecified atom stereocenters. The summed E-state index contributed by atoms with van der Waals surface area (Å²) in [6, 6.07) is 13.4. The number of nitrogens with one attached hydrogen (secondary N) is 1. The Morgan fingerprint density at radius 2 is 1.76 bits per heavy atom. The van der Waals surface area contributed by atoms with Gasteiger partial charge in [0.2, 0.25) is 0 Å². The number of carboxylic acids is 1. The van der Waals surface area contributed by atoms with E-state index in [9.17, 15) is 18.4 Å². The van der Waals surface area contributed by atoms with Gasteiger partial charge in [0.25, 0.3) is 5.91 Å². The second-order valence-electron chi connectivity index (χ2n) is 6.49. The van der Waals surface area contributed by atoms with Gasteiger partial charge in [0.1, 0.15) is 16.5 Å². The van der Waals surface area contributed by atoms with E-state index in [1.165, 1.54) is 41.7 Å². The molecule has 150 valence electrons. The Kier molecular flexibility index (Phi) is 6.72. The minimum Gasteiger partial charge on any atom is -0.477 e. The standard InChI is InChI=1S/C22H19F2NO3S/c23-16-5-3-4-14(12-16)15-7-9-19(24)18(13-15)21(26)25-11-2-1-6-17-8-10-20(29-17)22(27)28/h3-5,7-10,12-13H,1-2,6,11H2,(H,25,26)(H,27,28). The van der Waals surface area contributed by atoms with E-state index in [-0.39, 0.29) is 5.56 Å². The fraction of sp³-hybridized carbons (Fsp3) is 0.182. The van der Waals surface area contributed by atoms with Crippen LogP contribution in [0.1, 0.15) is 37.7 Å². The lowest BCUT2D eigenvalue weighted by atomic mass is 10.0. The summed E-state index contributed by atoms with van der Waals surface area (Å²) in [5, 5.41) is 11.6. The maximum absolute atomic E-state index is 14.1. The summed E-state index contributed by atoms with van der Waals surface area (Å²) >= 11 is 1.24. The van der Waals surface area contributed by atoms with Crippen molar-refractivity contribution < 1.29 is 23.5 Å². The van der Waals surface area contributed by atoms with Gasteiger partial charge in [-0.25, -0.2) is 13.6 Å². The van der Waals surface area contributed by atoms with Crippen molar-refractivity contribution in [3.8, 4) is 11.1 Å². The van der Waals surface area contributed by atoms with E-state index in [1.807, 2.05) is 0 Å². The monoisotopic (exact) mass is 415 g/mol. The van der Waals surface area contributed by atoms with Crippen molar-refractivity contribution >= 4 is 23.2 Å². The summed E-state index contributed by atoms with van der Waals surface area (Å²) in [6.07, 6.45) is 2.17. The molecule has 0 saturated carbocycles. The third kappa shape index (κ3) is 5.48. The number of carbonyl (C=O) groups excluding carboxylic acids is 1. The van der Waals surface area contributed by atoms with Gasteiger partial charge in [-0.05, 0) is 66.8 Å². The zero-order chi connectivity index (χ0) is 20.8. The number of unbranched alkanes of at least 4 members (excludes halogenated alkanes) is 1. The van der Waals surface area contributed by atoms with Crippen LogP contribution in [0.3, 0.4) is 0 Å². The van der Waals surface area contributed by atoms with Crippen molar-refractivity contribution in [2.24, 2.45) is 0 Å². The molecule has 0 saturated heterocycles. The fourth-order valence-electron chi connectivity index (χ4n) is 2.90. The molecule has 0 fully saturated rings. The average molecular weight is 415 g/mol. The number of aryl methyl sites for hydroxylation is 1. The third-order valence-electron chi connectivity index (χ3n) is 4.38. The van der Waals surface area contributed by atoms with Crippen LogP contribution < -0.4 is 5.32 Å². The van der Waals surface area contributed by atoms with E-state index in [1.54, 1.807) is 24.3 Å². The summed E-state index contributed by atoms with van der Waals surface area (Å²) in [5.74, 6) is -2.50. The molecule has 1 aromatic heterocycles. The molecule has 0 spiro atoms. The van der Waals surface area contributed by atoms with Gasteiger partial charge in [-0.1, -0.05) is 18.2 Å². The molecular formula is C22H19F2NO3S. The zero-order valence-corrected chi connectivity index (χ0v) is 16.3. The number of benzene rings is 2. The molecule has 3 aromatic rings. The van der Waals surface area contributed by atoms with Crippen LogP contribution in [0.15, 0.2) is 54.6 Å². The van der Waals surface area contributed by atoms with Gasteiger partial charge >= 0.3 is 5.97 Å². The van der Waals surface area contributed by atoms with Crippen LogP contribution in [0.5, 0.6) is 0 Å². The highest BCUT2D eigenvalue weighted by molar-refractivity contribution is 7.13. The van der Waals surface area contributed by atoms with Gasteiger partial charge in [0, 0.05) is 11.4 Å². The fourth-order valence-corrected chi connectivity index (χ4v) is 3.78. The van der Waals surface area contributed by atoms with Crippen LogP contribution >= 0.6 is 11.3 Å². The van der Waals surface area contributed by atoms with Gasteiger partial charge < -0.3 is 10.4 Å². The first-order chi connectivity index (χ1) is 13.9. The summed E-state index contributed by atoms with van der Waals surface area (Å²) in [6.45, 7) is 0.375. The normalized spacial score (nSPS) is 10.7. The predicted molar refractivity (Wildman–Crippen MR) is 108 cm³/mol. The van der Waals surface area contributed by atoms with Crippen molar-refractivity contribution in [1.82, 2.24) is 5.32 Å². The molecule has 1 amide bonds. The smallest absolute Gasteiger partial charge is 0.345 e. The molecule has 4 nitrogen and oxygen atoms in total. The van der Waals surface area contributed by atoms with Crippen molar-refractivity contribution in [2.45, 2.75) is 19.3 Å². The number of aromatic carboxylic acids is 1. The number of rotatable bonds is 8. The molecular weight excluding hydrogens is 396 g/mol. The van der Waals surface area contributed by atoms with Gasteiger partial charge in [-0.2, -0.15) is 0 Å². The third-order valence-corrected chi connectivity index (χ3v) is 5.51. The highest BCUT2D eigenvalue weighted by Gasteiger charge is 2.13. The minimum absolute atomic E-state index is 0.0869. The van der Waals surface area contributed by atoms with E-state index >= 15 is 0 Å². The number of amides is 1. The van der Waals surface area contributed by atoms with Gasteiger partial charge in [-0.15, -0.1) is 11.3 Å². The van der Waals surface area contributed by atoms with E-state index in [4.69, 9.17) is 5.11 Å². The molecule has 0 aliphatic carbocycles. The van der Waals surface area contributed by atoms with Gasteiger partial charge in [0.15, 0.2) is 0 Å². The molecule has 1 heterocycles. The van der Waals surface area contributed by atoms with E-state index < -0.39 is 23.5 Å². The van der Waals surface area contributed by atoms with Crippen molar-refractivity contribution in [3.05, 3.63) is 81.5 Å². The van der Waals surface area contributed by atoms with E-state index in [2.05, 4.69) is 5.32 Å². The quantitative estimate of drug-likeness (QED) is 0.501. The highest BCUT2D eigenvalue weighted by atomic mass is 32.1. The number of carbonyl (C=O) groups is 2. The van der Waals surface area contributed by atoms with Crippen LogP contribution in [-0.2, 0) is 6.42 Å². The lowest BCUT2D eigenvalue weighted by molar-refractivity contribution is 0.0702. The Hall–Kier alpha value is -3.06. The van der Waals surface area contributed by atoms with Crippen molar-refractivity contribution in [2.75, 3.05) is 6.54 Å². The number of halogens is 2. The molecule has 0 aliphatic heterocycles. The lowest BCUT2D eigenvalue weighted by Crippen LogP contribution is -2.25. The Balaban J connectivity index is 1.53. The largest absolute Gasteiger partial charge is 0.477 e. The van der Waals surface area contributed by atoms with Crippen LogP contribution in [-0.4, -0.2) is 23.5 Å². The first-order valence-electron chi connectivity index (χ1n) is 9.10. The zero-order valence-electron chi connectivity index (χ0n) is 15.5. The maximum atomic E-state index is 14.1. The number of hydrogen-bond donors (Lipinski definition) is 2. The molecule has 2 aromatic carbocycles. The SMILES string of the molecule is O=C(O)c1ccc(CCCCNC(=O)c2cc(-c3cccc(F)c3)ccc2F)s1. The van der Waals surface area contributed by atoms with Gasteiger partial charge in [-0.3, -0.25) is 4.79 Å². The molecule has 29 heavy (non-hydrogen) atoms. The van der Waals surface area contributed by atoms with Crippen molar-refractivity contribution in [3.63, 3.8) is 0 Å². The summed E-state index contributed by atoms with van der Waals surface area (Å²) < 4.78 is 27.5. The second-order valence-corrected chi connectivity index (χ2v) is 7.66. The van der Waals surface area contributed by atoms with Crippen LogP contribution in [0.25, 0.3) is 11.1 Å². The number of thiophene rings is 1. The van der Waals surface area contributed by atoms with Crippen LogP contribution in [0.2, 0.25) is 0 Å². The van der Waals surface area contributed by atoms with Crippen LogP contribution in [0.4, 0.5) is 8.78 Å². The highest BCUT2D eigenvalue weighted by Crippen LogP contribution is 2.23. The first-order valence-corrected chi connectivity index (χ1v) is 9.91. The summed E-state index contributed by atoms with van der Waals surface area (Å²) in [4.78, 5) is 24.5. The Morgan fingerprint density at radius 1 is 0.966 bits per heavy atom. The second kappa shape index (κ2) is 9.43. The predicted octanol–water partition coefficient (Wildman–Crippen LogP) is 5.14. The molecule has 3 rings (SSSR count). The number of carboxylic acid groups (broad SMARTS) is 1. The maximum Gasteiger partial charge on any atom is 0.345 e. The first kappa shape index (κ1) is 20.7. The molecule has 2 N–H and O–H groups in total. The Labute approximate surface area is 170 Å². The topological polar surface area (TPSA) is 66.4 Å². The molecule has 0 aliphatic rings. The van der Waals surface area contributed by atoms with Gasteiger partial charge in [0.05, 0.1) is 5.56 Å². The van der Waals surface area contributed by atoms with Crippen molar-refractivity contribution in [1.29, 1.82) is 0 Å². The molecule has 0 radical (unpaired) electrons.